The summed E-state index contributed by atoms with van der Waals surface area (Å²) < 4.78 is 0. The molecule has 3 unspecified atom stereocenters. The van der Waals surface area contributed by atoms with Gasteiger partial charge in [0.1, 0.15) is 0 Å². The Hall–Kier alpha value is -0.440. The Labute approximate surface area is 84.6 Å². The summed E-state index contributed by atoms with van der Waals surface area (Å²) in [7, 11) is 0. The predicted octanol–water partition coefficient (Wildman–Crippen LogP) is 2.61. The molecule has 3 heteroatoms. The van der Waals surface area contributed by atoms with Gasteiger partial charge in [-0.05, 0) is 25.2 Å². The lowest BCUT2D eigenvalue weighted by Crippen LogP contribution is -2.06. The number of hydrogen-bond acceptors (Lipinski definition) is 2. The first kappa shape index (κ1) is 9.13. The Morgan fingerprint density at radius 2 is 2.46 bits per heavy atom. The normalized spacial score (nSPS) is 30.6. The van der Waals surface area contributed by atoms with Gasteiger partial charge < -0.3 is 4.98 Å². The molecule has 0 saturated heterocycles. The van der Waals surface area contributed by atoms with Crippen LogP contribution in [-0.2, 0) is 0 Å². The average Bonchev–Trinajstić information content (AvgIpc) is 2.75. The van der Waals surface area contributed by atoms with Gasteiger partial charge in [-0.1, -0.05) is 6.92 Å². The van der Waals surface area contributed by atoms with Gasteiger partial charge in [-0.2, -0.15) is 12.6 Å². The summed E-state index contributed by atoms with van der Waals surface area (Å²) in [6, 6.07) is 0. The van der Waals surface area contributed by atoms with E-state index in [1.165, 1.54) is 25.0 Å². The van der Waals surface area contributed by atoms with Crippen molar-refractivity contribution in [3.63, 3.8) is 0 Å². The highest BCUT2D eigenvalue weighted by molar-refractivity contribution is 7.80. The summed E-state index contributed by atoms with van der Waals surface area (Å²) in [5.74, 6) is 1.48. The number of rotatable bonds is 2. The van der Waals surface area contributed by atoms with Crippen LogP contribution in [-0.4, -0.2) is 15.2 Å². The Morgan fingerprint density at radius 3 is 3.00 bits per heavy atom. The van der Waals surface area contributed by atoms with Crippen LogP contribution in [0.15, 0.2) is 12.5 Å². The van der Waals surface area contributed by atoms with Crippen molar-refractivity contribution < 1.29 is 0 Å². The highest BCUT2D eigenvalue weighted by atomic mass is 32.1. The second kappa shape index (κ2) is 3.74. The van der Waals surface area contributed by atoms with Gasteiger partial charge in [0.05, 0.1) is 6.33 Å². The minimum atomic E-state index is 0.535. The molecule has 0 aliphatic heterocycles. The van der Waals surface area contributed by atoms with E-state index in [0.717, 1.165) is 5.92 Å². The summed E-state index contributed by atoms with van der Waals surface area (Å²) in [5.41, 5.74) is 1.30. The van der Waals surface area contributed by atoms with E-state index in [1.54, 1.807) is 6.33 Å². The Bertz CT molecular complexity index is 256. The van der Waals surface area contributed by atoms with Crippen LogP contribution in [0.5, 0.6) is 0 Å². The molecule has 2 nitrogen and oxygen atoms in total. The summed E-state index contributed by atoms with van der Waals surface area (Å²) in [6.07, 6.45) is 7.60. The summed E-state index contributed by atoms with van der Waals surface area (Å²) in [5, 5.41) is 0.535. The number of H-pyrrole nitrogens is 1. The van der Waals surface area contributed by atoms with Gasteiger partial charge >= 0.3 is 0 Å². The predicted molar refractivity (Wildman–Crippen MR) is 57.1 cm³/mol. The van der Waals surface area contributed by atoms with Crippen LogP contribution in [0.3, 0.4) is 0 Å². The molecule has 1 fully saturated rings. The van der Waals surface area contributed by atoms with E-state index in [0.29, 0.717) is 11.2 Å². The minimum Gasteiger partial charge on any atom is -0.348 e. The molecule has 0 aromatic carbocycles. The molecule has 1 heterocycles. The molecule has 3 atom stereocenters. The van der Waals surface area contributed by atoms with Gasteiger partial charge in [0.2, 0.25) is 0 Å². The number of aromatic amines is 1. The standard InChI is InChI=1S/C10H16N2S/c1-7(13)8-2-3-9(4-8)10-5-11-6-12-10/h5-9,13H,2-4H2,1H3,(H,11,12). The maximum Gasteiger partial charge on any atom is 0.0921 e. The average molecular weight is 196 g/mol. The number of nitrogens with zero attached hydrogens (tertiary/aromatic N) is 1. The van der Waals surface area contributed by atoms with Crippen molar-refractivity contribution in [2.75, 3.05) is 0 Å². The molecular weight excluding hydrogens is 180 g/mol. The molecule has 13 heavy (non-hydrogen) atoms. The molecular formula is C10H16N2S. The summed E-state index contributed by atoms with van der Waals surface area (Å²) in [6.45, 7) is 2.20. The van der Waals surface area contributed by atoms with Crippen molar-refractivity contribution in [3.8, 4) is 0 Å². The molecule has 0 amide bonds. The van der Waals surface area contributed by atoms with Crippen LogP contribution < -0.4 is 0 Å². The van der Waals surface area contributed by atoms with E-state index >= 15 is 0 Å². The van der Waals surface area contributed by atoms with Crippen LogP contribution in [0.4, 0.5) is 0 Å². The van der Waals surface area contributed by atoms with Crippen molar-refractivity contribution >= 4 is 12.6 Å². The highest BCUT2D eigenvalue weighted by Gasteiger charge is 2.28. The van der Waals surface area contributed by atoms with E-state index in [1.807, 2.05) is 6.20 Å². The molecule has 72 valence electrons. The SMILES string of the molecule is CC(S)C1CCC(c2cnc[nH]2)C1. The van der Waals surface area contributed by atoms with Crippen molar-refractivity contribution in [2.45, 2.75) is 37.4 Å². The molecule has 1 aromatic heterocycles. The molecule has 0 bridgehead atoms. The van der Waals surface area contributed by atoms with Gasteiger partial charge in [0.25, 0.3) is 0 Å². The van der Waals surface area contributed by atoms with Crippen LogP contribution >= 0.6 is 12.6 Å². The van der Waals surface area contributed by atoms with Gasteiger partial charge in [-0.15, -0.1) is 0 Å². The van der Waals surface area contributed by atoms with E-state index in [9.17, 15) is 0 Å². The number of aromatic nitrogens is 2. The highest BCUT2D eigenvalue weighted by Crippen LogP contribution is 2.39. The van der Waals surface area contributed by atoms with Gasteiger partial charge in [-0.3, -0.25) is 0 Å². The first-order valence-electron chi connectivity index (χ1n) is 4.93. The zero-order chi connectivity index (χ0) is 9.26. The Morgan fingerprint density at radius 1 is 1.62 bits per heavy atom. The Kier molecular flexibility index (Phi) is 2.63. The molecule has 0 radical (unpaired) electrons. The van der Waals surface area contributed by atoms with Crippen molar-refractivity contribution in [1.82, 2.24) is 9.97 Å². The number of thiol groups is 1. The van der Waals surface area contributed by atoms with Crippen LogP contribution in [0.1, 0.15) is 37.8 Å². The smallest absolute Gasteiger partial charge is 0.0921 e. The molecule has 1 N–H and O–H groups in total. The van der Waals surface area contributed by atoms with E-state index in [2.05, 4.69) is 29.5 Å². The largest absolute Gasteiger partial charge is 0.348 e. The van der Waals surface area contributed by atoms with E-state index in [4.69, 9.17) is 0 Å². The fraction of sp³-hybridized carbons (Fsp3) is 0.700. The third-order valence-corrected chi connectivity index (χ3v) is 3.54. The number of imidazole rings is 1. The van der Waals surface area contributed by atoms with Crippen LogP contribution in [0.2, 0.25) is 0 Å². The lowest BCUT2D eigenvalue weighted by molar-refractivity contribution is 0.534. The zero-order valence-electron chi connectivity index (χ0n) is 7.90. The van der Waals surface area contributed by atoms with Crippen molar-refractivity contribution in [2.24, 2.45) is 5.92 Å². The first-order chi connectivity index (χ1) is 6.27. The number of nitrogens with one attached hydrogen (secondary N) is 1. The molecule has 1 aliphatic carbocycles. The molecule has 1 aromatic rings. The van der Waals surface area contributed by atoms with Crippen LogP contribution in [0.25, 0.3) is 0 Å². The molecule has 1 aliphatic rings. The lowest BCUT2D eigenvalue weighted by atomic mass is 10.0. The van der Waals surface area contributed by atoms with Crippen molar-refractivity contribution in [3.05, 3.63) is 18.2 Å². The maximum atomic E-state index is 4.51. The second-order valence-corrected chi connectivity index (χ2v) is 4.83. The van der Waals surface area contributed by atoms with E-state index < -0.39 is 0 Å². The van der Waals surface area contributed by atoms with E-state index in [-0.39, 0.29) is 0 Å². The molecule has 2 rings (SSSR count). The maximum absolute atomic E-state index is 4.51. The van der Waals surface area contributed by atoms with Crippen molar-refractivity contribution in [1.29, 1.82) is 0 Å². The van der Waals surface area contributed by atoms with Gasteiger partial charge in [-0.25, -0.2) is 4.98 Å². The fourth-order valence-corrected chi connectivity index (χ4v) is 2.50. The zero-order valence-corrected chi connectivity index (χ0v) is 8.80. The van der Waals surface area contributed by atoms with Gasteiger partial charge in [0.15, 0.2) is 0 Å². The minimum absolute atomic E-state index is 0.535. The molecule has 1 saturated carbocycles. The topological polar surface area (TPSA) is 28.7 Å². The monoisotopic (exact) mass is 196 g/mol. The van der Waals surface area contributed by atoms with Gasteiger partial charge in [0, 0.05) is 23.1 Å². The first-order valence-corrected chi connectivity index (χ1v) is 5.45. The lowest BCUT2D eigenvalue weighted by Gasteiger charge is -2.12. The third kappa shape index (κ3) is 1.90. The summed E-state index contributed by atoms with van der Waals surface area (Å²) >= 11 is 4.51. The molecule has 0 spiro atoms. The fourth-order valence-electron chi connectivity index (χ4n) is 2.23. The second-order valence-electron chi connectivity index (χ2n) is 4.02. The third-order valence-electron chi connectivity index (χ3n) is 3.11. The number of hydrogen-bond donors (Lipinski definition) is 2. The Balaban J connectivity index is 1.99. The summed E-state index contributed by atoms with van der Waals surface area (Å²) in [4.78, 5) is 7.26. The quantitative estimate of drug-likeness (QED) is 0.699. The van der Waals surface area contributed by atoms with Crippen LogP contribution in [0, 0.1) is 5.92 Å².